The number of carbonyl (C=O) groups is 1. The number of aromatic nitrogens is 1. The second-order valence-electron chi connectivity index (χ2n) is 8.26. The van der Waals surface area contributed by atoms with E-state index in [9.17, 15) is 14.7 Å². The van der Waals surface area contributed by atoms with Crippen molar-refractivity contribution < 1.29 is 19.4 Å². The summed E-state index contributed by atoms with van der Waals surface area (Å²) in [6.45, 7) is 6.70. The lowest BCUT2D eigenvalue weighted by Gasteiger charge is -2.30. The highest BCUT2D eigenvalue weighted by molar-refractivity contribution is 7.07. The smallest absolute Gasteiger partial charge is 0.271 e. The molecule has 0 radical (unpaired) electrons. The summed E-state index contributed by atoms with van der Waals surface area (Å²) < 4.78 is 13.2. The summed E-state index contributed by atoms with van der Waals surface area (Å²) in [4.78, 5) is 34.5. The van der Waals surface area contributed by atoms with Crippen molar-refractivity contribution in [2.24, 2.45) is 4.99 Å². The molecule has 36 heavy (non-hydrogen) atoms. The Bertz CT molecular complexity index is 1500. The van der Waals surface area contributed by atoms with Crippen LogP contribution in [0.3, 0.4) is 0 Å². The monoisotopic (exact) mass is 507 g/mol. The van der Waals surface area contributed by atoms with E-state index >= 15 is 0 Å². The van der Waals surface area contributed by atoms with Crippen molar-refractivity contribution >= 4 is 23.3 Å². The number of nitrogens with zero attached hydrogens (tertiary/aromatic N) is 3. The van der Waals surface area contributed by atoms with Gasteiger partial charge in [0.15, 0.2) is 4.80 Å². The van der Waals surface area contributed by atoms with Crippen LogP contribution >= 0.6 is 11.3 Å². The summed E-state index contributed by atoms with van der Waals surface area (Å²) in [5.41, 5.74) is 2.12. The van der Waals surface area contributed by atoms with Gasteiger partial charge in [0.05, 0.1) is 30.0 Å². The molecule has 1 aliphatic heterocycles. The number of rotatable bonds is 7. The molecule has 188 valence electrons. The molecule has 3 aromatic rings. The van der Waals surface area contributed by atoms with Crippen LogP contribution in [-0.2, 0) is 4.79 Å². The summed E-state index contributed by atoms with van der Waals surface area (Å²) in [6, 6.07) is 11.2. The Kier molecular flexibility index (Phi) is 7.30. The number of phenolic OH excluding ortho intramolecular Hbond substituents is 1. The molecule has 0 bridgehead atoms. The van der Waals surface area contributed by atoms with Crippen molar-refractivity contribution in [2.75, 3.05) is 27.3 Å². The van der Waals surface area contributed by atoms with Crippen LogP contribution in [0, 0.1) is 0 Å². The quantitative estimate of drug-likeness (QED) is 0.531. The molecule has 4 rings (SSSR count). The van der Waals surface area contributed by atoms with Crippen LogP contribution in [0.15, 0.2) is 63.5 Å². The fourth-order valence-electron chi connectivity index (χ4n) is 4.35. The Hall–Kier alpha value is -3.85. The van der Waals surface area contributed by atoms with Crippen LogP contribution in [-0.4, -0.2) is 47.8 Å². The van der Waals surface area contributed by atoms with Crippen LogP contribution in [0.2, 0.25) is 0 Å². The first-order valence-corrected chi connectivity index (χ1v) is 12.5. The summed E-state index contributed by atoms with van der Waals surface area (Å²) in [5.74, 6) is 1.09. The number of phenols is 1. The van der Waals surface area contributed by atoms with Gasteiger partial charge in [0.1, 0.15) is 23.3 Å². The molecule has 1 aliphatic rings. The first-order chi connectivity index (χ1) is 17.3. The van der Waals surface area contributed by atoms with Gasteiger partial charge >= 0.3 is 0 Å². The highest BCUT2D eigenvalue weighted by atomic mass is 32.1. The molecule has 1 atom stereocenters. The third-order valence-electron chi connectivity index (χ3n) is 6.23. The van der Waals surface area contributed by atoms with E-state index in [1.54, 1.807) is 79.2 Å². The van der Waals surface area contributed by atoms with Crippen LogP contribution in [0.4, 0.5) is 0 Å². The van der Waals surface area contributed by atoms with Gasteiger partial charge in [0.2, 0.25) is 0 Å². The lowest BCUT2D eigenvalue weighted by molar-refractivity contribution is -0.127. The molecule has 0 aliphatic carbocycles. The standard InChI is InChI=1S/C27H29N3O5S/c1-6-29(7-2)26(33)23-16(3)28-27-30(24(23)20-15-19(34-4)12-13-21(20)35-5)25(32)22(36-27)14-17-8-10-18(31)11-9-17/h8-15,24,31H,6-7H2,1-5H3/b22-14+/t24-/m0/s1. The number of aromatic hydroxyl groups is 1. The van der Waals surface area contributed by atoms with E-state index in [4.69, 9.17) is 14.5 Å². The van der Waals surface area contributed by atoms with Crippen LogP contribution < -0.4 is 24.4 Å². The molecule has 2 aromatic carbocycles. The first-order valence-electron chi connectivity index (χ1n) is 11.7. The van der Waals surface area contributed by atoms with E-state index in [0.29, 0.717) is 50.8 Å². The predicted molar refractivity (Wildman–Crippen MR) is 139 cm³/mol. The number of allylic oxidation sites excluding steroid dienone is 1. The van der Waals surface area contributed by atoms with Crippen molar-refractivity contribution in [3.05, 3.63) is 84.5 Å². The number of fused-ring (bicyclic) bond motifs is 1. The number of amides is 1. The van der Waals surface area contributed by atoms with E-state index < -0.39 is 6.04 Å². The summed E-state index contributed by atoms with van der Waals surface area (Å²) in [7, 11) is 3.13. The number of hydrogen-bond donors (Lipinski definition) is 1. The van der Waals surface area contributed by atoms with Gasteiger partial charge in [-0.25, -0.2) is 4.99 Å². The number of likely N-dealkylation sites (N-methyl/N-ethyl adjacent to an activating group) is 1. The molecule has 0 saturated heterocycles. The van der Waals surface area contributed by atoms with Crippen molar-refractivity contribution in [3.63, 3.8) is 0 Å². The number of methoxy groups -OCH3 is 2. The van der Waals surface area contributed by atoms with Crippen LogP contribution in [0.1, 0.15) is 37.9 Å². The molecular weight excluding hydrogens is 478 g/mol. The molecule has 8 nitrogen and oxygen atoms in total. The van der Waals surface area contributed by atoms with Crippen molar-refractivity contribution in [2.45, 2.75) is 26.8 Å². The number of benzene rings is 2. The molecule has 0 fully saturated rings. The van der Waals surface area contributed by atoms with E-state index in [1.165, 1.54) is 11.3 Å². The second-order valence-corrected chi connectivity index (χ2v) is 9.27. The molecule has 0 saturated carbocycles. The zero-order valence-electron chi connectivity index (χ0n) is 20.9. The largest absolute Gasteiger partial charge is 0.508 e. The lowest BCUT2D eigenvalue weighted by Crippen LogP contribution is -2.43. The zero-order chi connectivity index (χ0) is 26.0. The van der Waals surface area contributed by atoms with E-state index in [1.807, 2.05) is 13.8 Å². The minimum Gasteiger partial charge on any atom is -0.508 e. The molecule has 0 spiro atoms. The SMILES string of the molecule is CCN(CC)C(=O)C1=C(C)N=c2s/c(=C/c3ccc(O)cc3)c(=O)n2[C@H]1c1cc(OC)ccc1OC. The maximum atomic E-state index is 13.8. The van der Waals surface area contributed by atoms with Crippen molar-refractivity contribution in [1.29, 1.82) is 0 Å². The average Bonchev–Trinajstić information content (AvgIpc) is 3.18. The Labute approximate surface area is 213 Å². The average molecular weight is 508 g/mol. The fourth-order valence-corrected chi connectivity index (χ4v) is 5.39. The molecular formula is C27H29N3O5S. The molecule has 1 N–H and O–H groups in total. The van der Waals surface area contributed by atoms with Crippen molar-refractivity contribution in [1.82, 2.24) is 9.47 Å². The second kappa shape index (κ2) is 10.4. The lowest BCUT2D eigenvalue weighted by atomic mass is 9.93. The Morgan fingerprint density at radius 1 is 1.14 bits per heavy atom. The predicted octanol–water partition coefficient (Wildman–Crippen LogP) is 2.83. The van der Waals surface area contributed by atoms with Gasteiger partial charge in [0, 0.05) is 18.7 Å². The van der Waals surface area contributed by atoms with Gasteiger partial charge in [-0.3, -0.25) is 14.2 Å². The summed E-state index contributed by atoms with van der Waals surface area (Å²) in [5, 5.41) is 9.60. The molecule has 1 amide bonds. The van der Waals surface area contributed by atoms with Gasteiger partial charge in [-0.2, -0.15) is 0 Å². The summed E-state index contributed by atoms with van der Waals surface area (Å²) in [6.07, 6.45) is 1.76. The van der Waals surface area contributed by atoms with E-state index in [-0.39, 0.29) is 17.2 Å². The summed E-state index contributed by atoms with van der Waals surface area (Å²) >= 11 is 1.25. The Morgan fingerprint density at radius 3 is 2.44 bits per heavy atom. The van der Waals surface area contributed by atoms with E-state index in [2.05, 4.69) is 0 Å². The zero-order valence-corrected chi connectivity index (χ0v) is 21.8. The number of ether oxygens (including phenoxy) is 2. The Morgan fingerprint density at radius 2 is 1.83 bits per heavy atom. The van der Waals surface area contributed by atoms with Gasteiger partial charge in [-0.15, -0.1) is 0 Å². The van der Waals surface area contributed by atoms with Crippen molar-refractivity contribution in [3.8, 4) is 17.2 Å². The number of hydrogen-bond acceptors (Lipinski definition) is 7. The molecule has 2 heterocycles. The minimum absolute atomic E-state index is 0.147. The third-order valence-corrected chi connectivity index (χ3v) is 7.21. The fraction of sp³-hybridized carbons (Fsp3) is 0.296. The van der Waals surface area contributed by atoms with Gasteiger partial charge in [0.25, 0.3) is 11.5 Å². The first kappa shape index (κ1) is 25.2. The number of thiazole rings is 1. The van der Waals surface area contributed by atoms with Crippen LogP contribution in [0.5, 0.6) is 17.2 Å². The highest BCUT2D eigenvalue weighted by Gasteiger charge is 2.36. The third kappa shape index (κ3) is 4.54. The molecule has 1 aromatic heterocycles. The molecule has 9 heteroatoms. The van der Waals surface area contributed by atoms with Gasteiger partial charge in [-0.05, 0) is 62.7 Å². The maximum Gasteiger partial charge on any atom is 0.271 e. The molecule has 0 unspecified atom stereocenters. The minimum atomic E-state index is -0.749. The van der Waals surface area contributed by atoms with Gasteiger partial charge < -0.3 is 19.5 Å². The van der Waals surface area contributed by atoms with E-state index in [0.717, 1.165) is 5.56 Å². The topological polar surface area (TPSA) is 93.4 Å². The normalized spacial score (nSPS) is 15.4. The van der Waals surface area contributed by atoms with Crippen LogP contribution in [0.25, 0.3) is 6.08 Å². The highest BCUT2D eigenvalue weighted by Crippen LogP contribution is 2.38. The Balaban J connectivity index is 2.02. The maximum absolute atomic E-state index is 13.8. The number of carbonyl (C=O) groups excluding carboxylic acids is 1. The van der Waals surface area contributed by atoms with Gasteiger partial charge in [-0.1, -0.05) is 23.5 Å².